The number of ether oxygens (including phenoxy) is 1. The van der Waals surface area contributed by atoms with Gasteiger partial charge in [0.25, 0.3) is 0 Å². The molecule has 0 bridgehead atoms. The molecule has 94 valence electrons. The summed E-state index contributed by atoms with van der Waals surface area (Å²) in [6.07, 6.45) is 2.99. The lowest BCUT2D eigenvalue weighted by atomic mass is 10.0. The highest BCUT2D eigenvalue weighted by molar-refractivity contribution is 5.85. The molecule has 0 atom stereocenters. The number of aromatic nitrogens is 1. The maximum atomic E-state index is 5.39. The van der Waals surface area contributed by atoms with Crippen molar-refractivity contribution in [3.63, 3.8) is 0 Å². The van der Waals surface area contributed by atoms with E-state index in [0.717, 1.165) is 45.8 Å². The number of morpholine rings is 1. The van der Waals surface area contributed by atoms with Gasteiger partial charge in [-0.15, -0.1) is 12.4 Å². The van der Waals surface area contributed by atoms with Crippen molar-refractivity contribution in [2.45, 2.75) is 13.0 Å². The number of anilines is 1. The van der Waals surface area contributed by atoms with E-state index in [1.807, 2.05) is 6.20 Å². The highest BCUT2D eigenvalue weighted by Crippen LogP contribution is 2.25. The van der Waals surface area contributed by atoms with Gasteiger partial charge in [-0.3, -0.25) is 4.98 Å². The Balaban J connectivity index is 0.00000108. The molecule has 0 spiro atoms. The van der Waals surface area contributed by atoms with E-state index in [0.29, 0.717) is 0 Å². The molecule has 17 heavy (non-hydrogen) atoms. The van der Waals surface area contributed by atoms with Crippen LogP contribution in [0, 0.1) is 0 Å². The standard InChI is InChI=1S/C12H17N3O.ClH/c1-3-13-9-10-11(1)14-4-2-12(10)15-5-7-16-8-6-15;/h2,4,13H,1,3,5-9H2;1H. The first kappa shape index (κ1) is 12.6. The molecule has 5 heteroatoms. The van der Waals surface area contributed by atoms with Crippen LogP contribution in [0.15, 0.2) is 12.3 Å². The molecule has 2 aliphatic heterocycles. The van der Waals surface area contributed by atoms with E-state index in [-0.39, 0.29) is 12.4 Å². The molecular weight excluding hydrogens is 238 g/mol. The van der Waals surface area contributed by atoms with Crippen LogP contribution in [-0.4, -0.2) is 37.8 Å². The number of pyridine rings is 1. The fourth-order valence-electron chi connectivity index (χ4n) is 2.45. The lowest BCUT2D eigenvalue weighted by molar-refractivity contribution is 0.122. The summed E-state index contributed by atoms with van der Waals surface area (Å²) in [4.78, 5) is 6.89. The van der Waals surface area contributed by atoms with Crippen molar-refractivity contribution in [1.29, 1.82) is 0 Å². The third-order valence-electron chi connectivity index (χ3n) is 3.31. The summed E-state index contributed by atoms with van der Waals surface area (Å²) >= 11 is 0. The number of halogens is 1. The molecule has 0 saturated carbocycles. The largest absolute Gasteiger partial charge is 0.378 e. The molecule has 1 N–H and O–H groups in total. The zero-order valence-electron chi connectivity index (χ0n) is 9.82. The molecule has 1 fully saturated rings. The molecule has 2 aliphatic rings. The zero-order chi connectivity index (χ0) is 10.8. The number of nitrogens with one attached hydrogen (secondary N) is 1. The first-order valence-electron chi connectivity index (χ1n) is 5.95. The highest BCUT2D eigenvalue weighted by atomic mass is 35.5. The first-order valence-corrected chi connectivity index (χ1v) is 5.95. The Bertz CT molecular complexity index is 380. The van der Waals surface area contributed by atoms with Crippen molar-refractivity contribution in [1.82, 2.24) is 10.3 Å². The summed E-state index contributed by atoms with van der Waals surface area (Å²) in [7, 11) is 0. The lowest BCUT2D eigenvalue weighted by Crippen LogP contribution is -2.38. The number of rotatable bonds is 1. The molecule has 1 saturated heterocycles. The second-order valence-electron chi connectivity index (χ2n) is 4.28. The van der Waals surface area contributed by atoms with Crippen LogP contribution in [0.1, 0.15) is 11.3 Å². The summed E-state index contributed by atoms with van der Waals surface area (Å²) < 4.78 is 5.39. The molecule has 0 amide bonds. The fraction of sp³-hybridized carbons (Fsp3) is 0.583. The van der Waals surface area contributed by atoms with Crippen LogP contribution in [0.25, 0.3) is 0 Å². The third-order valence-corrected chi connectivity index (χ3v) is 3.31. The second-order valence-corrected chi connectivity index (χ2v) is 4.28. The summed E-state index contributed by atoms with van der Waals surface area (Å²) in [5, 5.41) is 3.42. The molecule has 1 aromatic rings. The van der Waals surface area contributed by atoms with Crippen molar-refractivity contribution in [2.75, 3.05) is 37.7 Å². The molecular formula is C12H18ClN3O. The van der Waals surface area contributed by atoms with Gasteiger partial charge in [-0.1, -0.05) is 0 Å². The molecule has 3 rings (SSSR count). The highest BCUT2D eigenvalue weighted by Gasteiger charge is 2.19. The molecule has 3 heterocycles. The monoisotopic (exact) mass is 255 g/mol. The average molecular weight is 256 g/mol. The van der Waals surface area contributed by atoms with E-state index in [1.165, 1.54) is 16.9 Å². The SMILES string of the molecule is Cl.c1cc(N2CCOCC2)c2c(n1)CCNC2. The minimum atomic E-state index is 0. The number of hydrogen-bond donors (Lipinski definition) is 1. The normalized spacial score (nSPS) is 19.4. The summed E-state index contributed by atoms with van der Waals surface area (Å²) in [5.41, 5.74) is 4.00. The van der Waals surface area contributed by atoms with Crippen LogP contribution in [-0.2, 0) is 17.7 Å². The maximum absolute atomic E-state index is 5.39. The van der Waals surface area contributed by atoms with Crippen molar-refractivity contribution >= 4 is 18.1 Å². The van der Waals surface area contributed by atoms with E-state index >= 15 is 0 Å². The Morgan fingerprint density at radius 2 is 2.12 bits per heavy atom. The Kier molecular flexibility index (Phi) is 4.20. The van der Waals surface area contributed by atoms with Crippen LogP contribution in [0.2, 0.25) is 0 Å². The molecule has 0 aromatic carbocycles. The van der Waals surface area contributed by atoms with Crippen LogP contribution >= 0.6 is 12.4 Å². The van der Waals surface area contributed by atoms with E-state index in [9.17, 15) is 0 Å². The fourth-order valence-corrected chi connectivity index (χ4v) is 2.45. The summed E-state index contributed by atoms with van der Waals surface area (Å²) in [6.45, 7) is 5.67. The van der Waals surface area contributed by atoms with Crippen molar-refractivity contribution in [3.8, 4) is 0 Å². The maximum Gasteiger partial charge on any atom is 0.0642 e. The van der Waals surface area contributed by atoms with Gasteiger partial charge < -0.3 is 15.0 Å². The van der Waals surface area contributed by atoms with E-state index in [4.69, 9.17) is 4.74 Å². The minimum absolute atomic E-state index is 0. The van der Waals surface area contributed by atoms with E-state index in [2.05, 4.69) is 21.3 Å². The molecule has 0 unspecified atom stereocenters. The Morgan fingerprint density at radius 3 is 2.94 bits per heavy atom. The first-order chi connectivity index (χ1) is 7.95. The van der Waals surface area contributed by atoms with Gasteiger partial charge in [0.1, 0.15) is 0 Å². The molecule has 4 nitrogen and oxygen atoms in total. The quantitative estimate of drug-likeness (QED) is 0.812. The minimum Gasteiger partial charge on any atom is -0.378 e. The summed E-state index contributed by atoms with van der Waals surface area (Å²) in [5.74, 6) is 0. The Morgan fingerprint density at radius 1 is 1.29 bits per heavy atom. The average Bonchev–Trinajstić information content (AvgIpc) is 2.39. The van der Waals surface area contributed by atoms with Gasteiger partial charge in [0, 0.05) is 55.7 Å². The van der Waals surface area contributed by atoms with Crippen LogP contribution in [0.3, 0.4) is 0 Å². The third kappa shape index (κ3) is 2.54. The van der Waals surface area contributed by atoms with E-state index in [1.54, 1.807) is 0 Å². The van der Waals surface area contributed by atoms with Crippen LogP contribution in [0.5, 0.6) is 0 Å². The smallest absolute Gasteiger partial charge is 0.0642 e. The van der Waals surface area contributed by atoms with Gasteiger partial charge in [-0.25, -0.2) is 0 Å². The second kappa shape index (κ2) is 5.67. The molecule has 0 radical (unpaired) electrons. The van der Waals surface area contributed by atoms with Gasteiger partial charge >= 0.3 is 0 Å². The Labute approximate surface area is 108 Å². The van der Waals surface area contributed by atoms with Gasteiger partial charge in [0.15, 0.2) is 0 Å². The summed E-state index contributed by atoms with van der Waals surface area (Å²) in [6, 6.07) is 2.14. The number of fused-ring (bicyclic) bond motifs is 1. The van der Waals surface area contributed by atoms with Crippen molar-refractivity contribution < 1.29 is 4.74 Å². The number of hydrogen-bond acceptors (Lipinski definition) is 4. The van der Waals surface area contributed by atoms with Gasteiger partial charge in [-0.2, -0.15) is 0 Å². The topological polar surface area (TPSA) is 37.4 Å². The zero-order valence-corrected chi connectivity index (χ0v) is 10.6. The van der Waals surface area contributed by atoms with Crippen molar-refractivity contribution in [3.05, 3.63) is 23.5 Å². The molecule has 1 aromatic heterocycles. The van der Waals surface area contributed by atoms with Crippen molar-refractivity contribution in [2.24, 2.45) is 0 Å². The predicted molar refractivity (Wildman–Crippen MR) is 69.9 cm³/mol. The number of nitrogens with zero attached hydrogens (tertiary/aromatic N) is 2. The molecule has 0 aliphatic carbocycles. The van der Waals surface area contributed by atoms with Gasteiger partial charge in [0.05, 0.1) is 13.2 Å². The Hall–Kier alpha value is -0.840. The van der Waals surface area contributed by atoms with Crippen LogP contribution < -0.4 is 10.2 Å². The lowest BCUT2D eigenvalue weighted by Gasteiger charge is -2.32. The van der Waals surface area contributed by atoms with Gasteiger partial charge in [0.2, 0.25) is 0 Å². The van der Waals surface area contributed by atoms with Crippen LogP contribution in [0.4, 0.5) is 5.69 Å². The van der Waals surface area contributed by atoms with Gasteiger partial charge in [-0.05, 0) is 6.07 Å². The van der Waals surface area contributed by atoms with E-state index < -0.39 is 0 Å². The predicted octanol–water partition coefficient (Wildman–Crippen LogP) is 0.986.